The van der Waals surface area contributed by atoms with Crippen molar-refractivity contribution in [3.8, 4) is 11.5 Å². The highest BCUT2D eigenvalue weighted by Crippen LogP contribution is 2.35. The molecule has 5 nitrogen and oxygen atoms in total. The van der Waals surface area contributed by atoms with Crippen molar-refractivity contribution in [3.05, 3.63) is 58.5 Å². The Morgan fingerprint density at radius 3 is 2.64 bits per heavy atom. The second-order valence-corrected chi connectivity index (χ2v) is 6.82. The van der Waals surface area contributed by atoms with Crippen molar-refractivity contribution in [1.82, 2.24) is 4.90 Å². The summed E-state index contributed by atoms with van der Waals surface area (Å²) in [4.78, 5) is 18.4. The van der Waals surface area contributed by atoms with Gasteiger partial charge in [0.15, 0.2) is 22.5 Å². The molecular formula is C20H18F2N2O3S. The van der Waals surface area contributed by atoms with Gasteiger partial charge in [0.25, 0.3) is 5.91 Å². The predicted molar refractivity (Wildman–Crippen MR) is 106 cm³/mol. The molecule has 0 bridgehead atoms. The largest absolute Gasteiger partial charge is 0.493 e. The molecule has 1 heterocycles. The number of aliphatic imine (C=N–C) groups is 1. The summed E-state index contributed by atoms with van der Waals surface area (Å²) in [5, 5.41) is 0.305. The highest BCUT2D eigenvalue weighted by Gasteiger charge is 2.30. The van der Waals surface area contributed by atoms with Gasteiger partial charge in [-0.05, 0) is 54.6 Å². The van der Waals surface area contributed by atoms with Gasteiger partial charge in [0, 0.05) is 13.1 Å². The summed E-state index contributed by atoms with van der Waals surface area (Å²) >= 11 is 1.11. The molecule has 0 aromatic heterocycles. The SMILES string of the molecule is CCOc1ccc(/C=C2/SC(=Nc3ccc(F)cc3F)N(C)C2=O)cc1OC. The first-order valence-corrected chi connectivity index (χ1v) is 9.26. The van der Waals surface area contributed by atoms with Crippen molar-refractivity contribution < 1.29 is 23.0 Å². The average molecular weight is 404 g/mol. The highest BCUT2D eigenvalue weighted by molar-refractivity contribution is 8.18. The van der Waals surface area contributed by atoms with Gasteiger partial charge in [0.05, 0.1) is 18.6 Å². The number of carbonyl (C=O) groups excluding carboxylic acids is 1. The number of nitrogens with zero attached hydrogens (tertiary/aromatic N) is 2. The van der Waals surface area contributed by atoms with Gasteiger partial charge in [-0.1, -0.05) is 6.07 Å². The molecule has 1 fully saturated rings. The number of hydrogen-bond donors (Lipinski definition) is 0. The monoisotopic (exact) mass is 404 g/mol. The molecule has 2 aromatic carbocycles. The molecule has 3 rings (SSSR count). The van der Waals surface area contributed by atoms with Crippen LogP contribution in [0.1, 0.15) is 12.5 Å². The van der Waals surface area contributed by atoms with E-state index in [1.165, 1.54) is 11.0 Å². The lowest BCUT2D eigenvalue weighted by Crippen LogP contribution is -2.23. The minimum absolute atomic E-state index is 0.0347. The Labute approximate surface area is 165 Å². The molecule has 0 unspecified atom stereocenters. The number of benzene rings is 2. The van der Waals surface area contributed by atoms with Crippen molar-refractivity contribution >= 4 is 34.6 Å². The Morgan fingerprint density at radius 2 is 1.96 bits per heavy atom. The van der Waals surface area contributed by atoms with Crippen LogP contribution in [-0.4, -0.2) is 36.7 Å². The fourth-order valence-corrected chi connectivity index (χ4v) is 3.51. The molecular weight excluding hydrogens is 386 g/mol. The minimum Gasteiger partial charge on any atom is -0.493 e. The maximum atomic E-state index is 13.9. The van der Waals surface area contributed by atoms with E-state index in [0.717, 1.165) is 29.5 Å². The molecule has 0 spiro atoms. The van der Waals surface area contributed by atoms with Crippen LogP contribution in [-0.2, 0) is 4.79 Å². The number of amides is 1. The standard InChI is InChI=1S/C20H18F2N2O3S/c1-4-27-16-8-5-12(9-17(16)26-3)10-18-19(25)24(2)20(28-18)23-15-7-6-13(21)11-14(15)22/h5-11H,4H2,1-3H3/b18-10+,23-20?. The van der Waals surface area contributed by atoms with Crippen LogP contribution >= 0.6 is 11.8 Å². The van der Waals surface area contributed by atoms with Crippen LogP contribution in [0.25, 0.3) is 6.08 Å². The number of halogens is 2. The number of hydrogen-bond acceptors (Lipinski definition) is 5. The van der Waals surface area contributed by atoms with Crippen LogP contribution in [0.15, 0.2) is 46.3 Å². The second-order valence-electron chi connectivity index (χ2n) is 5.81. The molecule has 0 saturated carbocycles. The lowest BCUT2D eigenvalue weighted by atomic mass is 10.2. The number of ether oxygens (including phenoxy) is 2. The number of rotatable bonds is 5. The first-order chi connectivity index (χ1) is 13.4. The molecule has 28 heavy (non-hydrogen) atoms. The molecule has 0 N–H and O–H groups in total. The topological polar surface area (TPSA) is 51.1 Å². The van der Waals surface area contributed by atoms with E-state index in [4.69, 9.17) is 9.47 Å². The second kappa shape index (κ2) is 8.43. The number of carbonyl (C=O) groups is 1. The van der Waals surface area contributed by atoms with E-state index in [-0.39, 0.29) is 11.6 Å². The lowest BCUT2D eigenvalue weighted by Gasteiger charge is -2.09. The predicted octanol–water partition coefficient (Wildman–Crippen LogP) is 4.61. The Bertz CT molecular complexity index is 976. The van der Waals surface area contributed by atoms with Gasteiger partial charge in [0.1, 0.15) is 11.5 Å². The van der Waals surface area contributed by atoms with Crippen molar-refractivity contribution in [2.75, 3.05) is 20.8 Å². The maximum absolute atomic E-state index is 13.9. The first kappa shape index (κ1) is 19.9. The molecule has 1 aliphatic rings. The van der Waals surface area contributed by atoms with E-state index >= 15 is 0 Å². The lowest BCUT2D eigenvalue weighted by molar-refractivity contribution is -0.121. The van der Waals surface area contributed by atoms with Crippen LogP contribution in [0.2, 0.25) is 0 Å². The van der Waals surface area contributed by atoms with Crippen molar-refractivity contribution in [1.29, 1.82) is 0 Å². The van der Waals surface area contributed by atoms with Gasteiger partial charge in [-0.25, -0.2) is 13.8 Å². The zero-order chi connectivity index (χ0) is 20.3. The van der Waals surface area contributed by atoms with Crippen LogP contribution < -0.4 is 9.47 Å². The van der Waals surface area contributed by atoms with Gasteiger partial charge in [0.2, 0.25) is 0 Å². The fourth-order valence-electron chi connectivity index (χ4n) is 2.53. The molecule has 1 aliphatic heterocycles. The summed E-state index contributed by atoms with van der Waals surface area (Å²) in [6.45, 7) is 2.39. The summed E-state index contributed by atoms with van der Waals surface area (Å²) in [5.41, 5.74) is 0.714. The zero-order valence-corrected chi connectivity index (χ0v) is 16.3. The molecule has 0 atom stereocenters. The number of likely N-dealkylation sites (N-methyl/N-ethyl adjacent to an activating group) is 1. The number of thioether (sulfide) groups is 1. The molecule has 1 amide bonds. The smallest absolute Gasteiger partial charge is 0.266 e. The normalized spacial score (nSPS) is 16.9. The van der Waals surface area contributed by atoms with E-state index in [1.807, 2.05) is 13.0 Å². The Kier molecular flexibility index (Phi) is 5.99. The summed E-state index contributed by atoms with van der Waals surface area (Å²) in [6.07, 6.45) is 1.70. The fraction of sp³-hybridized carbons (Fsp3) is 0.200. The van der Waals surface area contributed by atoms with E-state index in [9.17, 15) is 13.6 Å². The van der Waals surface area contributed by atoms with E-state index in [2.05, 4.69) is 4.99 Å². The molecule has 2 aromatic rings. The molecule has 0 radical (unpaired) electrons. The Balaban J connectivity index is 1.90. The quantitative estimate of drug-likeness (QED) is 0.683. The Morgan fingerprint density at radius 1 is 1.18 bits per heavy atom. The minimum atomic E-state index is -0.789. The third-order valence-corrected chi connectivity index (χ3v) is 4.97. The van der Waals surface area contributed by atoms with E-state index < -0.39 is 11.6 Å². The zero-order valence-electron chi connectivity index (χ0n) is 15.5. The molecule has 8 heteroatoms. The van der Waals surface area contributed by atoms with E-state index in [1.54, 1.807) is 32.4 Å². The van der Waals surface area contributed by atoms with Crippen molar-refractivity contribution in [3.63, 3.8) is 0 Å². The number of methoxy groups -OCH3 is 1. The van der Waals surface area contributed by atoms with Crippen LogP contribution in [0.5, 0.6) is 11.5 Å². The Hall–Kier alpha value is -2.87. The highest BCUT2D eigenvalue weighted by atomic mass is 32.2. The van der Waals surface area contributed by atoms with Gasteiger partial charge in [-0.2, -0.15) is 0 Å². The summed E-state index contributed by atoms with van der Waals surface area (Å²) < 4.78 is 37.7. The number of amidine groups is 1. The van der Waals surface area contributed by atoms with Gasteiger partial charge < -0.3 is 9.47 Å². The molecule has 146 valence electrons. The van der Waals surface area contributed by atoms with Gasteiger partial charge >= 0.3 is 0 Å². The first-order valence-electron chi connectivity index (χ1n) is 8.45. The van der Waals surface area contributed by atoms with Gasteiger partial charge in [-0.15, -0.1) is 0 Å². The van der Waals surface area contributed by atoms with Crippen LogP contribution in [0, 0.1) is 11.6 Å². The van der Waals surface area contributed by atoms with Gasteiger partial charge in [-0.3, -0.25) is 9.69 Å². The third kappa shape index (κ3) is 4.17. The average Bonchev–Trinajstić information content (AvgIpc) is 2.93. The maximum Gasteiger partial charge on any atom is 0.266 e. The molecule has 0 aliphatic carbocycles. The molecule has 1 saturated heterocycles. The van der Waals surface area contributed by atoms with Crippen molar-refractivity contribution in [2.24, 2.45) is 4.99 Å². The summed E-state index contributed by atoms with van der Waals surface area (Å²) in [6, 6.07) is 8.45. The third-order valence-electron chi connectivity index (χ3n) is 3.91. The van der Waals surface area contributed by atoms with E-state index in [0.29, 0.717) is 28.2 Å². The van der Waals surface area contributed by atoms with Crippen LogP contribution in [0.3, 0.4) is 0 Å². The summed E-state index contributed by atoms with van der Waals surface area (Å²) in [5.74, 6) is -0.567. The van der Waals surface area contributed by atoms with Crippen molar-refractivity contribution in [2.45, 2.75) is 6.92 Å². The summed E-state index contributed by atoms with van der Waals surface area (Å²) in [7, 11) is 3.09. The van der Waals surface area contributed by atoms with Crippen LogP contribution in [0.4, 0.5) is 14.5 Å².